The van der Waals surface area contributed by atoms with Gasteiger partial charge in [0.15, 0.2) is 5.58 Å². The van der Waals surface area contributed by atoms with Gasteiger partial charge >= 0.3 is 0 Å². The molecule has 28 heavy (non-hydrogen) atoms. The van der Waals surface area contributed by atoms with Crippen molar-refractivity contribution in [2.45, 2.75) is 18.4 Å². The van der Waals surface area contributed by atoms with Crippen molar-refractivity contribution in [3.8, 4) is 5.75 Å². The number of fused-ring (bicyclic) bond motifs is 1. The van der Waals surface area contributed by atoms with Crippen LogP contribution in [0.5, 0.6) is 5.75 Å². The number of nitrogens with zero attached hydrogens (tertiary/aromatic N) is 3. The van der Waals surface area contributed by atoms with E-state index in [0.717, 1.165) is 16.7 Å². The van der Waals surface area contributed by atoms with Crippen LogP contribution in [0.2, 0.25) is 0 Å². The van der Waals surface area contributed by atoms with E-state index in [1.807, 2.05) is 31.2 Å². The van der Waals surface area contributed by atoms with Gasteiger partial charge in [-0.1, -0.05) is 17.3 Å². The van der Waals surface area contributed by atoms with Crippen molar-refractivity contribution in [2.24, 2.45) is 0 Å². The Labute approximate surface area is 164 Å². The number of para-hydroxylation sites is 1. The minimum atomic E-state index is -3.50. The Morgan fingerprint density at radius 1 is 1.04 bits per heavy atom. The molecule has 8 heteroatoms. The van der Waals surface area contributed by atoms with E-state index in [0.29, 0.717) is 50.0 Å². The molecule has 1 aromatic heterocycles. The molecule has 0 amide bonds. The minimum absolute atomic E-state index is 0.298. The first-order chi connectivity index (χ1) is 13.6. The SMILES string of the molecule is CCOc1ccc(S(=O)(=O)N2CCN(Cc3noc4ccccc34)CC2)cc1. The summed E-state index contributed by atoms with van der Waals surface area (Å²) in [6, 6.07) is 14.4. The summed E-state index contributed by atoms with van der Waals surface area (Å²) in [7, 11) is -3.50. The first kappa shape index (κ1) is 18.9. The molecule has 1 aliphatic heterocycles. The Morgan fingerprint density at radius 3 is 2.46 bits per heavy atom. The highest BCUT2D eigenvalue weighted by Crippen LogP contribution is 2.23. The minimum Gasteiger partial charge on any atom is -0.494 e. The number of piperazine rings is 1. The molecule has 1 fully saturated rings. The lowest BCUT2D eigenvalue weighted by molar-refractivity contribution is 0.178. The highest BCUT2D eigenvalue weighted by molar-refractivity contribution is 7.89. The highest BCUT2D eigenvalue weighted by atomic mass is 32.2. The van der Waals surface area contributed by atoms with Gasteiger partial charge in [0.2, 0.25) is 10.0 Å². The van der Waals surface area contributed by atoms with Crippen molar-refractivity contribution < 1.29 is 17.7 Å². The van der Waals surface area contributed by atoms with Crippen LogP contribution in [0.25, 0.3) is 11.0 Å². The second-order valence-electron chi connectivity index (χ2n) is 6.71. The zero-order valence-electron chi connectivity index (χ0n) is 15.7. The Hall–Kier alpha value is -2.42. The molecule has 0 saturated carbocycles. The molecule has 0 unspecified atom stereocenters. The van der Waals surface area contributed by atoms with Gasteiger partial charge in [-0.15, -0.1) is 0 Å². The second kappa shape index (κ2) is 7.90. The lowest BCUT2D eigenvalue weighted by Crippen LogP contribution is -2.48. The Morgan fingerprint density at radius 2 is 1.75 bits per heavy atom. The number of rotatable bonds is 6. The van der Waals surface area contributed by atoms with Crippen LogP contribution >= 0.6 is 0 Å². The zero-order valence-corrected chi connectivity index (χ0v) is 16.6. The maximum atomic E-state index is 12.9. The number of ether oxygens (including phenoxy) is 1. The topological polar surface area (TPSA) is 75.9 Å². The lowest BCUT2D eigenvalue weighted by Gasteiger charge is -2.33. The molecule has 0 aliphatic carbocycles. The average Bonchev–Trinajstić information content (AvgIpc) is 3.12. The largest absolute Gasteiger partial charge is 0.494 e. The predicted octanol–water partition coefficient (Wildman–Crippen LogP) is 2.73. The summed E-state index contributed by atoms with van der Waals surface area (Å²) < 4.78 is 38.1. The number of sulfonamides is 1. The van der Waals surface area contributed by atoms with Crippen molar-refractivity contribution in [3.05, 3.63) is 54.2 Å². The molecule has 0 bridgehead atoms. The van der Waals surface area contributed by atoms with E-state index in [-0.39, 0.29) is 0 Å². The standard InChI is InChI=1S/C20H23N3O4S/c1-2-26-16-7-9-17(10-8-16)28(24,25)23-13-11-22(12-14-23)15-19-18-5-3-4-6-20(18)27-21-19/h3-10H,2,11-15H2,1H3. The van der Waals surface area contributed by atoms with Crippen LogP contribution in [0.15, 0.2) is 57.9 Å². The van der Waals surface area contributed by atoms with Gasteiger partial charge in [-0.25, -0.2) is 8.42 Å². The Bertz CT molecular complexity index is 1040. The third-order valence-corrected chi connectivity index (χ3v) is 6.84. The van der Waals surface area contributed by atoms with E-state index in [9.17, 15) is 8.42 Å². The fraction of sp³-hybridized carbons (Fsp3) is 0.350. The maximum absolute atomic E-state index is 12.9. The molecule has 0 spiro atoms. The number of benzene rings is 2. The van der Waals surface area contributed by atoms with E-state index in [2.05, 4.69) is 10.1 Å². The Balaban J connectivity index is 1.40. The van der Waals surface area contributed by atoms with Crippen LogP contribution in [-0.2, 0) is 16.6 Å². The smallest absolute Gasteiger partial charge is 0.243 e. The van der Waals surface area contributed by atoms with Crippen molar-refractivity contribution >= 4 is 21.0 Å². The summed E-state index contributed by atoms with van der Waals surface area (Å²) in [5, 5.41) is 5.17. The van der Waals surface area contributed by atoms with Gasteiger partial charge in [0, 0.05) is 38.1 Å². The van der Waals surface area contributed by atoms with E-state index >= 15 is 0 Å². The molecule has 0 N–H and O–H groups in total. The van der Waals surface area contributed by atoms with Crippen molar-refractivity contribution in [1.82, 2.24) is 14.4 Å². The van der Waals surface area contributed by atoms with Gasteiger partial charge in [0.1, 0.15) is 11.4 Å². The van der Waals surface area contributed by atoms with Crippen LogP contribution in [0, 0.1) is 0 Å². The molecule has 0 atom stereocenters. The Kier molecular flexibility index (Phi) is 5.34. The van der Waals surface area contributed by atoms with E-state index < -0.39 is 10.0 Å². The van der Waals surface area contributed by atoms with Gasteiger partial charge in [-0.2, -0.15) is 4.31 Å². The summed E-state index contributed by atoms with van der Waals surface area (Å²) in [4.78, 5) is 2.50. The molecule has 2 aromatic carbocycles. The van der Waals surface area contributed by atoms with Crippen molar-refractivity contribution in [1.29, 1.82) is 0 Å². The molecule has 0 radical (unpaired) electrons. The molecule has 7 nitrogen and oxygen atoms in total. The monoisotopic (exact) mass is 401 g/mol. The lowest BCUT2D eigenvalue weighted by atomic mass is 10.2. The zero-order chi connectivity index (χ0) is 19.6. The van der Waals surface area contributed by atoms with Gasteiger partial charge in [-0.05, 0) is 43.3 Å². The number of hydrogen-bond donors (Lipinski definition) is 0. The molecule has 1 aliphatic rings. The molecule has 2 heterocycles. The summed E-state index contributed by atoms with van der Waals surface area (Å²) in [5.41, 5.74) is 1.66. The van der Waals surface area contributed by atoms with Crippen LogP contribution < -0.4 is 4.74 Å². The summed E-state index contributed by atoms with van der Waals surface area (Å²) in [6.45, 7) is 5.29. The van der Waals surface area contributed by atoms with Crippen molar-refractivity contribution in [2.75, 3.05) is 32.8 Å². The highest BCUT2D eigenvalue weighted by Gasteiger charge is 2.29. The first-order valence-corrected chi connectivity index (χ1v) is 10.8. The van der Waals surface area contributed by atoms with E-state index in [4.69, 9.17) is 9.26 Å². The second-order valence-corrected chi connectivity index (χ2v) is 8.65. The maximum Gasteiger partial charge on any atom is 0.243 e. The summed E-state index contributed by atoms with van der Waals surface area (Å²) in [6.07, 6.45) is 0. The number of hydrogen-bond acceptors (Lipinski definition) is 6. The van der Waals surface area contributed by atoms with Crippen LogP contribution in [-0.4, -0.2) is 55.6 Å². The fourth-order valence-corrected chi connectivity index (χ4v) is 4.84. The van der Waals surface area contributed by atoms with E-state index in [1.165, 1.54) is 0 Å². The third kappa shape index (κ3) is 3.76. The van der Waals surface area contributed by atoms with Crippen LogP contribution in [0.4, 0.5) is 0 Å². The molecular formula is C20H23N3O4S. The number of aromatic nitrogens is 1. The molecule has 1 saturated heterocycles. The molecule has 148 valence electrons. The van der Waals surface area contributed by atoms with Crippen LogP contribution in [0.1, 0.15) is 12.6 Å². The fourth-order valence-electron chi connectivity index (χ4n) is 3.42. The van der Waals surface area contributed by atoms with Gasteiger partial charge in [0.25, 0.3) is 0 Å². The van der Waals surface area contributed by atoms with Crippen LogP contribution in [0.3, 0.4) is 0 Å². The van der Waals surface area contributed by atoms with E-state index in [1.54, 1.807) is 28.6 Å². The average molecular weight is 401 g/mol. The van der Waals surface area contributed by atoms with Crippen molar-refractivity contribution in [3.63, 3.8) is 0 Å². The van der Waals surface area contributed by atoms with Gasteiger partial charge < -0.3 is 9.26 Å². The third-order valence-electron chi connectivity index (χ3n) is 4.93. The quantitative estimate of drug-likeness (QED) is 0.632. The molecule has 4 rings (SSSR count). The predicted molar refractivity (Wildman–Crippen MR) is 106 cm³/mol. The first-order valence-electron chi connectivity index (χ1n) is 9.36. The normalized spacial score (nSPS) is 16.5. The molecule has 3 aromatic rings. The summed E-state index contributed by atoms with van der Waals surface area (Å²) >= 11 is 0. The molecular weight excluding hydrogens is 378 g/mol. The summed E-state index contributed by atoms with van der Waals surface area (Å²) in [5.74, 6) is 0.672. The van der Waals surface area contributed by atoms with Gasteiger partial charge in [-0.3, -0.25) is 4.90 Å². The van der Waals surface area contributed by atoms with Gasteiger partial charge in [0.05, 0.1) is 11.5 Å².